The fourth-order valence-electron chi connectivity index (χ4n) is 0.833. The van der Waals surface area contributed by atoms with Gasteiger partial charge in [-0.3, -0.25) is 0 Å². The molecule has 1 rings (SSSR count). The molecular formula is C6H9O6+. The molecule has 2 atom stereocenters. The number of hydrogen-bond donors (Lipinski definition) is 4. The zero-order chi connectivity index (χ0) is 9.30. The van der Waals surface area contributed by atoms with Gasteiger partial charge in [-0.1, -0.05) is 0 Å². The summed E-state index contributed by atoms with van der Waals surface area (Å²) in [7, 11) is 0. The number of aliphatic hydroxyl groups is 4. The van der Waals surface area contributed by atoms with E-state index < -0.39 is 36.3 Å². The maximum atomic E-state index is 8.98. The van der Waals surface area contributed by atoms with Crippen LogP contribution in [0.4, 0.5) is 0 Å². The molecule has 0 saturated heterocycles. The molecule has 0 bridgehead atoms. The van der Waals surface area contributed by atoms with Crippen LogP contribution in [0.3, 0.4) is 0 Å². The molecule has 12 heavy (non-hydrogen) atoms. The van der Waals surface area contributed by atoms with Crippen LogP contribution in [-0.2, 0) is 4.74 Å². The first-order chi connectivity index (χ1) is 5.57. The summed E-state index contributed by atoms with van der Waals surface area (Å²) >= 11 is 0. The van der Waals surface area contributed by atoms with Gasteiger partial charge in [-0.15, -0.1) is 0 Å². The van der Waals surface area contributed by atoms with Gasteiger partial charge in [0.05, 0.1) is 6.61 Å². The predicted octanol–water partition coefficient (Wildman–Crippen LogP) is -1.43. The second kappa shape index (κ2) is 3.00. The first-order valence-corrected chi connectivity index (χ1v) is 3.22. The Labute approximate surface area is 67.3 Å². The van der Waals surface area contributed by atoms with Gasteiger partial charge in [0.2, 0.25) is 5.76 Å². The lowest BCUT2D eigenvalue weighted by molar-refractivity contribution is -0.00243. The number of cyclic esters (lactones) is 1. The molecule has 0 amide bonds. The second-order valence-corrected chi connectivity index (χ2v) is 2.33. The van der Waals surface area contributed by atoms with Crippen LogP contribution in [0.1, 0.15) is 0 Å². The summed E-state index contributed by atoms with van der Waals surface area (Å²) in [5, 5.41) is 35.2. The van der Waals surface area contributed by atoms with Gasteiger partial charge in [0.15, 0.2) is 0 Å². The average Bonchev–Trinajstić information content (AvgIpc) is 2.32. The number of ether oxygens (including phenoxy) is 1. The van der Waals surface area contributed by atoms with Crippen molar-refractivity contribution in [2.24, 2.45) is 0 Å². The summed E-state index contributed by atoms with van der Waals surface area (Å²) in [6.45, 7) is -0.644. The van der Waals surface area contributed by atoms with Crippen LogP contribution in [-0.4, -0.2) is 50.0 Å². The highest BCUT2D eigenvalue weighted by Crippen LogP contribution is 2.20. The Morgan fingerprint density at radius 3 is 2.42 bits per heavy atom. The van der Waals surface area contributed by atoms with E-state index in [9.17, 15) is 0 Å². The number of rotatable bonds is 2. The number of aliphatic hydroxyl groups excluding tert-OH is 4. The van der Waals surface area contributed by atoms with Crippen molar-refractivity contribution in [3.63, 3.8) is 0 Å². The normalized spacial score (nSPS) is 25.8. The van der Waals surface area contributed by atoms with Crippen LogP contribution in [0.5, 0.6) is 0 Å². The van der Waals surface area contributed by atoms with Gasteiger partial charge < -0.3 is 30.0 Å². The molecule has 6 heteroatoms. The smallest absolute Gasteiger partial charge is 0.503 e. The summed E-state index contributed by atoms with van der Waals surface area (Å²) in [6, 6.07) is 0. The van der Waals surface area contributed by atoms with Gasteiger partial charge in [0, 0.05) is 0 Å². The summed E-state index contributed by atoms with van der Waals surface area (Å²) in [5.41, 5.74) is 0. The fourth-order valence-corrected chi connectivity index (χ4v) is 0.833. The largest absolute Gasteiger partial charge is 0.558 e. The average molecular weight is 177 g/mol. The minimum absolute atomic E-state index is 0.644. The summed E-state index contributed by atoms with van der Waals surface area (Å²) in [6.07, 6.45) is -2.67. The van der Waals surface area contributed by atoms with E-state index in [2.05, 4.69) is 4.74 Å². The van der Waals surface area contributed by atoms with Crippen molar-refractivity contribution in [1.29, 1.82) is 0 Å². The molecule has 0 aromatic heterocycles. The molecular weight excluding hydrogens is 168 g/mol. The molecule has 0 unspecified atom stereocenters. The first kappa shape index (κ1) is 8.82. The molecule has 0 spiro atoms. The third-order valence-corrected chi connectivity index (χ3v) is 1.49. The van der Waals surface area contributed by atoms with Crippen molar-refractivity contribution in [3.05, 3.63) is 11.5 Å². The van der Waals surface area contributed by atoms with Gasteiger partial charge >= 0.3 is 11.7 Å². The van der Waals surface area contributed by atoms with Crippen LogP contribution in [0.2, 0.25) is 0 Å². The zero-order valence-electron chi connectivity index (χ0n) is 6.01. The van der Waals surface area contributed by atoms with E-state index in [0.717, 1.165) is 0 Å². The predicted molar refractivity (Wildman–Crippen MR) is 37.2 cm³/mol. The van der Waals surface area contributed by atoms with E-state index >= 15 is 0 Å². The van der Waals surface area contributed by atoms with Crippen LogP contribution in [0.15, 0.2) is 11.5 Å². The Hall–Kier alpha value is -1.27. The minimum Gasteiger partial charge on any atom is -0.503 e. The van der Waals surface area contributed by atoms with E-state index in [0.29, 0.717) is 0 Å². The third-order valence-electron chi connectivity index (χ3n) is 1.49. The molecule has 1 heterocycles. The number of esters is 1. The Balaban J connectivity index is 2.80. The van der Waals surface area contributed by atoms with E-state index in [4.69, 9.17) is 25.2 Å². The Morgan fingerprint density at radius 2 is 2.08 bits per heavy atom. The van der Waals surface area contributed by atoms with Gasteiger partial charge in [0.1, 0.15) is 6.10 Å². The molecule has 0 aromatic rings. The van der Waals surface area contributed by atoms with E-state index in [1.807, 2.05) is 0 Å². The quantitative estimate of drug-likeness (QED) is 0.305. The number of hydrogen-bond acceptors (Lipinski definition) is 5. The lowest BCUT2D eigenvalue weighted by Gasteiger charge is -2.08. The molecule has 5 N–H and O–H groups in total. The topological polar surface area (TPSA) is 112 Å². The Kier molecular flexibility index (Phi) is 2.20. The van der Waals surface area contributed by atoms with E-state index in [1.165, 1.54) is 0 Å². The van der Waals surface area contributed by atoms with Crippen molar-refractivity contribution in [2.45, 2.75) is 12.2 Å². The molecule has 0 aromatic carbocycles. The van der Waals surface area contributed by atoms with Crippen molar-refractivity contribution in [3.8, 4) is 0 Å². The maximum Gasteiger partial charge on any atom is 0.558 e. The van der Waals surface area contributed by atoms with Crippen LogP contribution in [0, 0.1) is 0 Å². The summed E-state index contributed by atoms with van der Waals surface area (Å²) < 4.78 is 4.43. The van der Waals surface area contributed by atoms with Gasteiger partial charge in [-0.25, -0.2) is 0 Å². The molecule has 1 aliphatic heterocycles. The van der Waals surface area contributed by atoms with Crippen molar-refractivity contribution >= 4 is 5.97 Å². The highest BCUT2D eigenvalue weighted by molar-refractivity contribution is 5.90. The molecule has 0 radical (unpaired) electrons. The fraction of sp³-hybridized carbons (Fsp3) is 0.500. The van der Waals surface area contributed by atoms with Gasteiger partial charge in [-0.05, 0) is 0 Å². The standard InChI is InChI=1S/C6H8O6/c7-1-2(8)5-3(9)4(10)6(11)12-5/h2,5,7-10H,1H2/p+1/t2-,5+/m0/s1. The van der Waals surface area contributed by atoms with Crippen molar-refractivity contribution in [1.82, 2.24) is 0 Å². The van der Waals surface area contributed by atoms with Crippen LogP contribution < -0.4 is 0 Å². The van der Waals surface area contributed by atoms with Crippen LogP contribution >= 0.6 is 0 Å². The molecule has 0 aliphatic carbocycles. The zero-order valence-corrected chi connectivity index (χ0v) is 6.01. The monoisotopic (exact) mass is 177 g/mol. The van der Waals surface area contributed by atoms with E-state index in [1.54, 1.807) is 0 Å². The molecule has 1 aliphatic rings. The van der Waals surface area contributed by atoms with Crippen molar-refractivity contribution < 1.29 is 30.0 Å². The molecule has 68 valence electrons. The maximum absolute atomic E-state index is 8.98. The minimum atomic E-state index is -1.38. The SMILES string of the molecule is OC[C@H](O)[C@H]1OC(=[OH+])C(O)=C1O. The van der Waals surface area contributed by atoms with Crippen LogP contribution in [0.25, 0.3) is 0 Å². The van der Waals surface area contributed by atoms with Crippen molar-refractivity contribution in [2.75, 3.05) is 6.61 Å². The lowest BCUT2D eigenvalue weighted by Crippen LogP contribution is -2.31. The van der Waals surface area contributed by atoms with Gasteiger partial charge in [0.25, 0.3) is 6.10 Å². The van der Waals surface area contributed by atoms with E-state index in [-0.39, 0.29) is 0 Å². The molecule has 6 nitrogen and oxygen atoms in total. The highest BCUT2D eigenvalue weighted by Gasteiger charge is 2.46. The lowest BCUT2D eigenvalue weighted by atomic mass is 10.2. The highest BCUT2D eigenvalue weighted by atomic mass is 16.6. The first-order valence-electron chi connectivity index (χ1n) is 3.22. The third kappa shape index (κ3) is 1.21. The summed E-state index contributed by atoms with van der Waals surface area (Å²) in [4.78, 5) is 8.72. The Bertz CT molecular complexity index is 232. The molecule has 0 fully saturated rings. The molecule has 0 saturated carbocycles. The number of carbonyl (C=O) groups excluding carboxylic acids is 1. The Morgan fingerprint density at radius 1 is 1.50 bits per heavy atom. The summed E-state index contributed by atoms with van der Waals surface area (Å²) in [5.74, 6) is -2.36. The van der Waals surface area contributed by atoms with Gasteiger partial charge in [-0.2, -0.15) is 0 Å². The second-order valence-electron chi connectivity index (χ2n) is 2.33.